The van der Waals surface area contributed by atoms with Crippen molar-refractivity contribution in [1.29, 1.82) is 0 Å². The Bertz CT molecular complexity index is 435. The zero-order chi connectivity index (χ0) is 9.38. The fourth-order valence-electron chi connectivity index (χ4n) is 1.79. The Morgan fingerprint density at radius 3 is 3.21 bits per heavy atom. The van der Waals surface area contributed by atoms with Gasteiger partial charge in [0.25, 0.3) is 0 Å². The van der Waals surface area contributed by atoms with Gasteiger partial charge in [-0.1, -0.05) is 24.3 Å². The van der Waals surface area contributed by atoms with E-state index in [0.29, 0.717) is 0 Å². The summed E-state index contributed by atoms with van der Waals surface area (Å²) in [5, 5.41) is 0. The summed E-state index contributed by atoms with van der Waals surface area (Å²) in [6, 6.07) is 6.36. The third-order valence-electron chi connectivity index (χ3n) is 2.50. The summed E-state index contributed by atoms with van der Waals surface area (Å²) in [6.07, 6.45) is 7.37. The maximum absolute atomic E-state index is 3.29. The number of nitrogens with one attached hydrogen (secondary N) is 2. The first-order valence-electron chi connectivity index (χ1n) is 4.60. The Balaban J connectivity index is 2.25. The van der Waals surface area contributed by atoms with Crippen molar-refractivity contribution in [2.45, 2.75) is 6.42 Å². The van der Waals surface area contributed by atoms with Crippen LogP contribution in [-0.2, 0) is 6.42 Å². The van der Waals surface area contributed by atoms with Crippen LogP contribution in [0.4, 0.5) is 5.69 Å². The average Bonchev–Trinajstić information content (AvgIpc) is 2.50. The number of hydrogen-bond acceptors (Lipinski definition) is 3. The highest BCUT2D eigenvalue weighted by Crippen LogP contribution is 2.30. The van der Waals surface area contributed by atoms with Crippen LogP contribution in [0, 0.1) is 0 Å². The molecule has 0 aromatic heterocycles. The van der Waals surface area contributed by atoms with Gasteiger partial charge >= 0.3 is 0 Å². The molecule has 2 bridgehead atoms. The molecule has 1 aliphatic carbocycles. The van der Waals surface area contributed by atoms with Crippen LogP contribution in [0.5, 0.6) is 0 Å². The van der Waals surface area contributed by atoms with Gasteiger partial charge in [-0.2, -0.15) is 0 Å². The minimum absolute atomic E-state index is 0.985. The van der Waals surface area contributed by atoms with Crippen molar-refractivity contribution in [2.24, 2.45) is 0 Å². The predicted octanol–water partition coefficient (Wildman–Crippen LogP) is 2.72. The van der Waals surface area contributed by atoms with E-state index >= 15 is 0 Å². The second-order valence-corrected chi connectivity index (χ2v) is 4.02. The maximum atomic E-state index is 3.29. The number of benzene rings is 1. The van der Waals surface area contributed by atoms with Gasteiger partial charge in [-0.25, -0.2) is 0 Å². The van der Waals surface area contributed by atoms with Crippen LogP contribution in [0.15, 0.2) is 36.0 Å². The van der Waals surface area contributed by atoms with Gasteiger partial charge in [-0.05, 0) is 23.3 Å². The molecular formula is C11H10N2S. The molecule has 2 aliphatic rings. The smallest absolute Gasteiger partial charge is 0.0653 e. The summed E-state index contributed by atoms with van der Waals surface area (Å²) in [4.78, 5) is 0. The Kier molecular flexibility index (Phi) is 1.77. The Morgan fingerprint density at radius 1 is 1.21 bits per heavy atom. The van der Waals surface area contributed by atoms with E-state index < -0.39 is 0 Å². The predicted molar refractivity (Wildman–Crippen MR) is 61.6 cm³/mol. The molecule has 1 aromatic rings. The van der Waals surface area contributed by atoms with E-state index in [-0.39, 0.29) is 0 Å². The van der Waals surface area contributed by atoms with Gasteiger partial charge in [-0.3, -0.25) is 0 Å². The molecule has 3 rings (SSSR count). The van der Waals surface area contributed by atoms with Crippen molar-refractivity contribution in [2.75, 3.05) is 4.72 Å². The van der Waals surface area contributed by atoms with Crippen molar-refractivity contribution < 1.29 is 0 Å². The fraction of sp³-hybridized carbons (Fsp3) is 0.0909. The molecular weight excluding hydrogens is 192 g/mol. The number of rotatable bonds is 0. The van der Waals surface area contributed by atoms with Crippen molar-refractivity contribution in [3.63, 3.8) is 0 Å². The van der Waals surface area contributed by atoms with Gasteiger partial charge in [0.1, 0.15) is 0 Å². The van der Waals surface area contributed by atoms with E-state index in [4.69, 9.17) is 0 Å². The molecule has 0 spiro atoms. The lowest BCUT2D eigenvalue weighted by Gasteiger charge is -2.07. The van der Waals surface area contributed by atoms with Crippen LogP contribution in [-0.4, -0.2) is 0 Å². The SMILES string of the molecule is C1=Cc2cccc3c2CC(=C1)NSN3. The average molecular weight is 202 g/mol. The van der Waals surface area contributed by atoms with Crippen molar-refractivity contribution in [3.8, 4) is 0 Å². The molecule has 0 atom stereocenters. The zero-order valence-corrected chi connectivity index (χ0v) is 8.40. The van der Waals surface area contributed by atoms with Crippen molar-refractivity contribution in [1.82, 2.24) is 4.72 Å². The van der Waals surface area contributed by atoms with Crippen LogP contribution in [0.1, 0.15) is 11.1 Å². The highest BCUT2D eigenvalue weighted by atomic mass is 32.2. The topological polar surface area (TPSA) is 24.1 Å². The second-order valence-electron chi connectivity index (χ2n) is 3.41. The molecule has 2 nitrogen and oxygen atoms in total. The third kappa shape index (κ3) is 1.21. The molecule has 1 aromatic carbocycles. The normalized spacial score (nSPS) is 17.3. The highest BCUT2D eigenvalue weighted by molar-refractivity contribution is 7.98. The monoisotopic (exact) mass is 202 g/mol. The molecule has 0 unspecified atom stereocenters. The van der Waals surface area contributed by atoms with Crippen LogP contribution in [0.2, 0.25) is 0 Å². The number of allylic oxidation sites excluding steroid dienone is 3. The van der Waals surface area contributed by atoms with E-state index in [2.05, 4.69) is 45.9 Å². The van der Waals surface area contributed by atoms with Crippen molar-refractivity contribution in [3.05, 3.63) is 47.2 Å². The quantitative estimate of drug-likeness (QED) is 0.632. The summed E-state index contributed by atoms with van der Waals surface area (Å²) >= 11 is 1.53. The molecule has 1 aliphatic heterocycles. The summed E-state index contributed by atoms with van der Waals surface area (Å²) in [6.45, 7) is 0. The molecule has 2 N–H and O–H groups in total. The third-order valence-corrected chi connectivity index (χ3v) is 3.18. The van der Waals surface area contributed by atoms with Gasteiger partial charge in [0.2, 0.25) is 0 Å². The first-order valence-corrected chi connectivity index (χ1v) is 5.42. The second kappa shape index (κ2) is 3.10. The Labute approximate surface area is 87.4 Å². The molecule has 0 saturated carbocycles. The minimum Gasteiger partial charge on any atom is -0.316 e. The first-order chi connectivity index (χ1) is 6.93. The Morgan fingerprint density at radius 2 is 2.21 bits per heavy atom. The van der Waals surface area contributed by atoms with Crippen LogP contribution >= 0.6 is 12.1 Å². The number of fused-ring (bicyclic) bond motifs is 1. The van der Waals surface area contributed by atoms with Crippen LogP contribution in [0.3, 0.4) is 0 Å². The van der Waals surface area contributed by atoms with Gasteiger partial charge in [0, 0.05) is 17.8 Å². The largest absolute Gasteiger partial charge is 0.316 e. The molecule has 3 heteroatoms. The lowest BCUT2D eigenvalue weighted by Crippen LogP contribution is -2.04. The van der Waals surface area contributed by atoms with E-state index in [1.165, 1.54) is 34.6 Å². The number of hydrogen-bond donors (Lipinski definition) is 2. The Hall–Kier alpha value is -1.35. The van der Waals surface area contributed by atoms with Gasteiger partial charge < -0.3 is 9.44 Å². The standard InChI is InChI=1S/C11H10N2S/c1-3-8-4-2-6-11-10(8)7-9(5-1)12-14-13-11/h1-6,12-13H,7H2. The number of anilines is 1. The lowest BCUT2D eigenvalue weighted by molar-refractivity contribution is 1.07. The first kappa shape index (κ1) is 8.00. The summed E-state index contributed by atoms with van der Waals surface area (Å²) < 4.78 is 6.57. The molecule has 70 valence electrons. The van der Waals surface area contributed by atoms with Crippen LogP contribution in [0.25, 0.3) is 6.08 Å². The molecule has 0 amide bonds. The van der Waals surface area contributed by atoms with E-state index in [0.717, 1.165) is 6.42 Å². The van der Waals surface area contributed by atoms with Gasteiger partial charge in [-0.15, -0.1) is 0 Å². The van der Waals surface area contributed by atoms with E-state index in [9.17, 15) is 0 Å². The van der Waals surface area contributed by atoms with Crippen LogP contribution < -0.4 is 9.44 Å². The van der Waals surface area contributed by atoms with Gasteiger partial charge in [0.15, 0.2) is 0 Å². The van der Waals surface area contributed by atoms with Gasteiger partial charge in [0.05, 0.1) is 12.1 Å². The molecule has 0 saturated heterocycles. The molecule has 0 fully saturated rings. The van der Waals surface area contributed by atoms with E-state index in [1.54, 1.807) is 0 Å². The van der Waals surface area contributed by atoms with Crippen molar-refractivity contribution >= 4 is 23.9 Å². The lowest BCUT2D eigenvalue weighted by atomic mass is 10.0. The highest BCUT2D eigenvalue weighted by Gasteiger charge is 2.14. The summed E-state index contributed by atoms with van der Waals surface area (Å²) in [7, 11) is 0. The molecule has 14 heavy (non-hydrogen) atoms. The summed E-state index contributed by atoms with van der Waals surface area (Å²) in [5.41, 5.74) is 5.16. The molecule has 1 heterocycles. The minimum atomic E-state index is 0.985. The zero-order valence-electron chi connectivity index (χ0n) is 7.58. The summed E-state index contributed by atoms with van der Waals surface area (Å²) in [5.74, 6) is 0. The van der Waals surface area contributed by atoms with E-state index in [1.807, 2.05) is 0 Å². The molecule has 0 radical (unpaired) electrons. The maximum Gasteiger partial charge on any atom is 0.0653 e. The fourth-order valence-corrected chi connectivity index (χ4v) is 2.41.